The fraction of sp³-hybridized carbons (Fsp3) is 0.750. The van der Waals surface area contributed by atoms with E-state index in [1.165, 1.54) is 0 Å². The SMILES string of the molecule is C=C1CCN(C(=O)OC(C)(C)C)CC1CCC(=O)OCC. The molecule has 1 heterocycles. The summed E-state index contributed by atoms with van der Waals surface area (Å²) in [5.41, 5.74) is 0.602. The van der Waals surface area contributed by atoms with Crippen molar-refractivity contribution < 1.29 is 19.1 Å². The maximum absolute atomic E-state index is 12.1. The lowest BCUT2D eigenvalue weighted by molar-refractivity contribution is -0.143. The Morgan fingerprint density at radius 1 is 1.38 bits per heavy atom. The van der Waals surface area contributed by atoms with Crippen LogP contribution in [0.2, 0.25) is 0 Å². The molecule has 1 amide bonds. The second-order valence-corrected chi connectivity index (χ2v) is 6.38. The average molecular weight is 297 g/mol. The zero-order chi connectivity index (χ0) is 16.0. The average Bonchev–Trinajstić information content (AvgIpc) is 2.36. The number of likely N-dealkylation sites (tertiary alicyclic amines) is 1. The van der Waals surface area contributed by atoms with Gasteiger partial charge in [0.1, 0.15) is 5.60 Å². The summed E-state index contributed by atoms with van der Waals surface area (Å²) in [5.74, 6) is -0.0598. The van der Waals surface area contributed by atoms with Crippen molar-refractivity contribution in [1.82, 2.24) is 4.90 Å². The van der Waals surface area contributed by atoms with Gasteiger partial charge in [0.2, 0.25) is 0 Å². The maximum atomic E-state index is 12.1. The fourth-order valence-corrected chi connectivity index (χ4v) is 2.28. The molecule has 0 radical (unpaired) electrons. The zero-order valence-corrected chi connectivity index (χ0v) is 13.6. The molecule has 0 aromatic carbocycles. The summed E-state index contributed by atoms with van der Waals surface area (Å²) in [5, 5.41) is 0. The van der Waals surface area contributed by atoms with Gasteiger partial charge in [-0.25, -0.2) is 4.79 Å². The first-order chi connectivity index (χ1) is 9.73. The van der Waals surface area contributed by atoms with Crippen LogP contribution < -0.4 is 0 Å². The summed E-state index contributed by atoms with van der Waals surface area (Å²) in [6.45, 7) is 13.0. The number of amides is 1. The second-order valence-electron chi connectivity index (χ2n) is 6.38. The Bertz CT molecular complexity index is 398. The summed E-state index contributed by atoms with van der Waals surface area (Å²) in [6.07, 6.45) is 1.49. The highest BCUT2D eigenvalue weighted by molar-refractivity contribution is 5.70. The van der Waals surface area contributed by atoms with Crippen LogP contribution in [-0.2, 0) is 14.3 Å². The third-order valence-corrected chi connectivity index (χ3v) is 3.37. The normalized spacial score (nSPS) is 19.3. The fourth-order valence-electron chi connectivity index (χ4n) is 2.28. The number of hydrogen-bond acceptors (Lipinski definition) is 4. The van der Waals surface area contributed by atoms with Gasteiger partial charge >= 0.3 is 12.1 Å². The molecule has 1 unspecified atom stereocenters. The van der Waals surface area contributed by atoms with E-state index in [1.807, 2.05) is 20.8 Å². The molecule has 120 valence electrons. The van der Waals surface area contributed by atoms with Gasteiger partial charge in [0.25, 0.3) is 0 Å². The zero-order valence-electron chi connectivity index (χ0n) is 13.6. The van der Waals surface area contributed by atoms with Crippen LogP contribution in [0, 0.1) is 5.92 Å². The van der Waals surface area contributed by atoms with Crippen LogP contribution in [0.25, 0.3) is 0 Å². The van der Waals surface area contributed by atoms with Gasteiger partial charge in [0, 0.05) is 19.5 Å². The first-order valence-electron chi connectivity index (χ1n) is 7.54. The van der Waals surface area contributed by atoms with Crippen LogP contribution >= 0.6 is 0 Å². The molecule has 5 heteroatoms. The van der Waals surface area contributed by atoms with Gasteiger partial charge in [-0.1, -0.05) is 12.2 Å². The number of piperidine rings is 1. The lowest BCUT2D eigenvalue weighted by atomic mass is 9.89. The molecule has 1 saturated heterocycles. The van der Waals surface area contributed by atoms with Crippen LogP contribution in [0.3, 0.4) is 0 Å². The minimum absolute atomic E-state index is 0.135. The van der Waals surface area contributed by atoms with E-state index in [0.717, 1.165) is 12.0 Å². The summed E-state index contributed by atoms with van der Waals surface area (Å²) >= 11 is 0. The topological polar surface area (TPSA) is 55.8 Å². The molecule has 0 bridgehead atoms. The molecule has 0 spiro atoms. The molecule has 0 N–H and O–H groups in total. The van der Waals surface area contributed by atoms with Crippen molar-refractivity contribution in [3.05, 3.63) is 12.2 Å². The van der Waals surface area contributed by atoms with Crippen LogP contribution in [-0.4, -0.2) is 42.3 Å². The number of carbonyl (C=O) groups is 2. The third-order valence-electron chi connectivity index (χ3n) is 3.37. The molecule has 1 rings (SSSR count). The smallest absolute Gasteiger partial charge is 0.410 e. The highest BCUT2D eigenvalue weighted by atomic mass is 16.6. The van der Waals surface area contributed by atoms with Gasteiger partial charge in [-0.3, -0.25) is 4.79 Å². The Morgan fingerprint density at radius 2 is 2.05 bits per heavy atom. The Balaban J connectivity index is 2.52. The second kappa shape index (κ2) is 7.48. The van der Waals surface area contributed by atoms with Crippen LogP contribution in [0.1, 0.15) is 47.0 Å². The Labute approximate surface area is 127 Å². The van der Waals surface area contributed by atoms with Crippen molar-refractivity contribution in [2.24, 2.45) is 5.92 Å². The van der Waals surface area contributed by atoms with Gasteiger partial charge in [0.15, 0.2) is 0 Å². The van der Waals surface area contributed by atoms with Crippen molar-refractivity contribution in [2.75, 3.05) is 19.7 Å². The summed E-state index contributed by atoms with van der Waals surface area (Å²) in [7, 11) is 0. The Kier molecular flexibility index (Phi) is 6.24. The molecule has 0 aromatic rings. The molecule has 0 aliphatic carbocycles. The minimum Gasteiger partial charge on any atom is -0.466 e. The van der Waals surface area contributed by atoms with E-state index in [2.05, 4.69) is 6.58 Å². The van der Waals surface area contributed by atoms with Crippen LogP contribution in [0.5, 0.6) is 0 Å². The monoisotopic (exact) mass is 297 g/mol. The molecule has 0 saturated carbocycles. The van der Waals surface area contributed by atoms with Gasteiger partial charge in [-0.15, -0.1) is 0 Å². The van der Waals surface area contributed by atoms with E-state index in [0.29, 0.717) is 32.5 Å². The standard InChI is InChI=1S/C16H27NO4/c1-6-20-14(18)8-7-13-11-17(10-9-12(13)2)15(19)21-16(3,4)5/h13H,2,6-11H2,1,3-5H3. The molecular formula is C16H27NO4. The number of esters is 1. The first-order valence-corrected chi connectivity index (χ1v) is 7.54. The predicted octanol–water partition coefficient (Wildman–Crippen LogP) is 3.14. The largest absolute Gasteiger partial charge is 0.466 e. The van der Waals surface area contributed by atoms with Crippen molar-refractivity contribution in [1.29, 1.82) is 0 Å². The third kappa shape index (κ3) is 6.19. The van der Waals surface area contributed by atoms with Crippen molar-refractivity contribution in [3.8, 4) is 0 Å². The lowest BCUT2D eigenvalue weighted by Crippen LogP contribution is -2.43. The molecule has 0 aromatic heterocycles. The number of rotatable bonds is 4. The Hall–Kier alpha value is -1.52. The van der Waals surface area contributed by atoms with Crippen molar-refractivity contribution in [2.45, 2.75) is 52.6 Å². The summed E-state index contributed by atoms with van der Waals surface area (Å²) in [4.78, 5) is 25.2. The number of nitrogens with zero attached hydrogens (tertiary/aromatic N) is 1. The van der Waals surface area contributed by atoms with E-state index in [4.69, 9.17) is 9.47 Å². The molecule has 1 aliphatic rings. The summed E-state index contributed by atoms with van der Waals surface area (Å²) in [6, 6.07) is 0. The van der Waals surface area contributed by atoms with Crippen LogP contribution in [0.4, 0.5) is 4.79 Å². The molecule has 1 aliphatic heterocycles. The number of hydrogen-bond donors (Lipinski definition) is 0. The number of carbonyl (C=O) groups excluding carboxylic acids is 2. The molecular weight excluding hydrogens is 270 g/mol. The number of ether oxygens (including phenoxy) is 2. The summed E-state index contributed by atoms with van der Waals surface area (Å²) < 4.78 is 10.3. The van der Waals surface area contributed by atoms with Gasteiger partial charge in [-0.05, 0) is 46.5 Å². The van der Waals surface area contributed by atoms with Crippen LogP contribution in [0.15, 0.2) is 12.2 Å². The van der Waals surface area contributed by atoms with E-state index < -0.39 is 5.60 Å². The maximum Gasteiger partial charge on any atom is 0.410 e. The predicted molar refractivity (Wildman–Crippen MR) is 80.9 cm³/mol. The quantitative estimate of drug-likeness (QED) is 0.591. The van der Waals surface area contributed by atoms with E-state index >= 15 is 0 Å². The highest BCUT2D eigenvalue weighted by Gasteiger charge is 2.29. The molecule has 1 fully saturated rings. The molecule has 1 atom stereocenters. The van der Waals surface area contributed by atoms with E-state index in [1.54, 1.807) is 11.8 Å². The van der Waals surface area contributed by atoms with Crippen molar-refractivity contribution in [3.63, 3.8) is 0 Å². The van der Waals surface area contributed by atoms with Crippen molar-refractivity contribution >= 4 is 12.1 Å². The molecule has 5 nitrogen and oxygen atoms in total. The Morgan fingerprint density at radius 3 is 2.62 bits per heavy atom. The van der Waals surface area contributed by atoms with Gasteiger partial charge < -0.3 is 14.4 Å². The van der Waals surface area contributed by atoms with E-state index in [9.17, 15) is 9.59 Å². The first kappa shape index (κ1) is 17.5. The van der Waals surface area contributed by atoms with E-state index in [-0.39, 0.29) is 18.0 Å². The lowest BCUT2D eigenvalue weighted by Gasteiger charge is -2.35. The highest BCUT2D eigenvalue weighted by Crippen LogP contribution is 2.26. The molecule has 21 heavy (non-hydrogen) atoms. The minimum atomic E-state index is -0.494. The van der Waals surface area contributed by atoms with Gasteiger partial charge in [-0.2, -0.15) is 0 Å². The van der Waals surface area contributed by atoms with Gasteiger partial charge in [0.05, 0.1) is 6.61 Å².